The number of hydrogen-bond donors (Lipinski definition) is 1. The van der Waals surface area contributed by atoms with Gasteiger partial charge in [0.25, 0.3) is 5.91 Å². The molecule has 0 aliphatic heterocycles. The van der Waals surface area contributed by atoms with Crippen molar-refractivity contribution in [2.45, 2.75) is 26.8 Å². The zero-order valence-electron chi connectivity index (χ0n) is 13.5. The number of aromatic nitrogens is 2. The molecular formula is C18H18FN3O2. The Hall–Kier alpha value is -2.89. The molecule has 3 aromatic rings. The van der Waals surface area contributed by atoms with Gasteiger partial charge in [-0.15, -0.1) is 0 Å². The quantitative estimate of drug-likeness (QED) is 0.781. The monoisotopic (exact) mass is 327 g/mol. The Labute approximate surface area is 139 Å². The Morgan fingerprint density at radius 1 is 1.33 bits per heavy atom. The fourth-order valence-electron chi connectivity index (χ4n) is 2.69. The van der Waals surface area contributed by atoms with Crippen LogP contribution in [0.15, 0.2) is 47.1 Å². The number of nitrogens with zero attached hydrogens (tertiary/aromatic N) is 2. The number of aryl methyl sites for hydroxylation is 1. The molecule has 1 aromatic carbocycles. The highest BCUT2D eigenvalue weighted by molar-refractivity contribution is 5.96. The molecule has 124 valence electrons. The Balaban J connectivity index is 1.92. The third-order valence-electron chi connectivity index (χ3n) is 3.77. The number of nitrogens with one attached hydrogen (secondary N) is 1. The van der Waals surface area contributed by atoms with Gasteiger partial charge in [0, 0.05) is 0 Å². The fourth-order valence-corrected chi connectivity index (χ4v) is 2.69. The number of carbonyl (C=O) groups excluding carboxylic acids is 1. The van der Waals surface area contributed by atoms with Crippen LogP contribution in [0.25, 0.3) is 5.69 Å². The van der Waals surface area contributed by atoms with E-state index >= 15 is 0 Å². The predicted molar refractivity (Wildman–Crippen MR) is 87.5 cm³/mol. The summed E-state index contributed by atoms with van der Waals surface area (Å²) in [4.78, 5) is 12.6. The number of benzene rings is 1. The van der Waals surface area contributed by atoms with Crippen LogP contribution in [0.4, 0.5) is 4.39 Å². The Bertz CT molecular complexity index is 853. The Morgan fingerprint density at radius 3 is 2.83 bits per heavy atom. The predicted octanol–water partition coefficient (Wildman–Crippen LogP) is 3.41. The topological polar surface area (TPSA) is 60.1 Å². The van der Waals surface area contributed by atoms with Gasteiger partial charge < -0.3 is 9.73 Å². The van der Waals surface area contributed by atoms with E-state index in [1.165, 1.54) is 12.1 Å². The molecule has 0 radical (unpaired) electrons. The van der Waals surface area contributed by atoms with Crippen molar-refractivity contribution >= 4 is 5.91 Å². The second-order valence-corrected chi connectivity index (χ2v) is 5.41. The van der Waals surface area contributed by atoms with Crippen molar-refractivity contribution in [3.8, 4) is 5.69 Å². The first kappa shape index (κ1) is 16.0. The molecule has 1 N–H and O–H groups in total. The lowest BCUT2D eigenvalue weighted by atomic mass is 10.1. The van der Waals surface area contributed by atoms with Crippen LogP contribution in [0.2, 0.25) is 0 Å². The second kappa shape index (κ2) is 6.70. The number of halogens is 1. The van der Waals surface area contributed by atoms with Crippen molar-refractivity contribution in [3.63, 3.8) is 0 Å². The van der Waals surface area contributed by atoms with E-state index in [0.29, 0.717) is 35.7 Å². The van der Waals surface area contributed by atoms with Crippen molar-refractivity contribution < 1.29 is 13.6 Å². The fraction of sp³-hybridized carbons (Fsp3) is 0.222. The van der Waals surface area contributed by atoms with Gasteiger partial charge >= 0.3 is 0 Å². The lowest BCUT2D eigenvalue weighted by Gasteiger charge is -2.08. The van der Waals surface area contributed by atoms with E-state index in [1.807, 2.05) is 6.92 Å². The zero-order valence-corrected chi connectivity index (χ0v) is 13.5. The molecule has 0 fully saturated rings. The number of furan rings is 1. The van der Waals surface area contributed by atoms with E-state index in [-0.39, 0.29) is 11.7 Å². The summed E-state index contributed by atoms with van der Waals surface area (Å²) in [5.74, 6) is 0.117. The van der Waals surface area contributed by atoms with Gasteiger partial charge in [0.2, 0.25) is 0 Å². The molecule has 1 amide bonds. The van der Waals surface area contributed by atoms with E-state index in [4.69, 9.17) is 4.42 Å². The maximum absolute atomic E-state index is 13.5. The number of hydrogen-bond acceptors (Lipinski definition) is 3. The van der Waals surface area contributed by atoms with Crippen LogP contribution in [0.1, 0.15) is 34.4 Å². The summed E-state index contributed by atoms with van der Waals surface area (Å²) < 4.78 is 20.3. The molecule has 0 aliphatic rings. The third kappa shape index (κ3) is 3.08. The van der Waals surface area contributed by atoms with Crippen LogP contribution < -0.4 is 5.32 Å². The molecule has 0 unspecified atom stereocenters. The van der Waals surface area contributed by atoms with Gasteiger partial charge in [0.05, 0.1) is 35.4 Å². The van der Waals surface area contributed by atoms with Crippen LogP contribution in [-0.2, 0) is 13.0 Å². The first-order valence-corrected chi connectivity index (χ1v) is 7.75. The van der Waals surface area contributed by atoms with E-state index < -0.39 is 0 Å². The minimum atomic E-state index is -0.341. The minimum absolute atomic E-state index is 0.219. The molecule has 0 spiro atoms. The largest absolute Gasteiger partial charge is 0.467 e. The highest BCUT2D eigenvalue weighted by Gasteiger charge is 2.21. The number of carbonyl (C=O) groups is 1. The molecule has 2 aromatic heterocycles. The average molecular weight is 327 g/mol. The highest BCUT2D eigenvalue weighted by Crippen LogP contribution is 2.20. The van der Waals surface area contributed by atoms with Crippen molar-refractivity contribution in [3.05, 3.63) is 71.2 Å². The number of rotatable bonds is 5. The number of amides is 1. The summed E-state index contributed by atoms with van der Waals surface area (Å²) in [7, 11) is 0. The van der Waals surface area contributed by atoms with Gasteiger partial charge in [-0.25, -0.2) is 9.07 Å². The summed E-state index contributed by atoms with van der Waals surface area (Å²) in [5, 5.41) is 7.26. The molecule has 3 rings (SSSR count). The van der Waals surface area contributed by atoms with E-state index in [2.05, 4.69) is 10.4 Å². The van der Waals surface area contributed by atoms with Gasteiger partial charge in [-0.05, 0) is 43.7 Å². The minimum Gasteiger partial charge on any atom is -0.467 e. The molecule has 0 aliphatic carbocycles. The summed E-state index contributed by atoms with van der Waals surface area (Å²) >= 11 is 0. The molecule has 0 atom stereocenters. The van der Waals surface area contributed by atoms with Gasteiger partial charge in [0.15, 0.2) is 0 Å². The summed E-state index contributed by atoms with van der Waals surface area (Å²) in [6, 6.07) is 9.73. The van der Waals surface area contributed by atoms with E-state index in [9.17, 15) is 9.18 Å². The zero-order chi connectivity index (χ0) is 17.1. The van der Waals surface area contributed by atoms with E-state index in [1.54, 1.807) is 42.1 Å². The first-order chi connectivity index (χ1) is 11.6. The molecule has 2 heterocycles. The average Bonchev–Trinajstić information content (AvgIpc) is 3.19. The maximum Gasteiger partial charge on any atom is 0.255 e. The lowest BCUT2D eigenvalue weighted by molar-refractivity contribution is 0.0946. The first-order valence-electron chi connectivity index (χ1n) is 7.75. The van der Waals surface area contributed by atoms with Crippen LogP contribution in [-0.4, -0.2) is 15.7 Å². The van der Waals surface area contributed by atoms with Crippen molar-refractivity contribution in [2.24, 2.45) is 0 Å². The van der Waals surface area contributed by atoms with Crippen LogP contribution >= 0.6 is 0 Å². The molecule has 5 nitrogen and oxygen atoms in total. The normalized spacial score (nSPS) is 10.8. The molecule has 0 bridgehead atoms. The summed E-state index contributed by atoms with van der Waals surface area (Å²) in [5.41, 5.74) is 2.47. The van der Waals surface area contributed by atoms with Crippen LogP contribution in [0, 0.1) is 12.7 Å². The molecule has 0 saturated heterocycles. The van der Waals surface area contributed by atoms with Gasteiger partial charge in [0.1, 0.15) is 11.6 Å². The lowest BCUT2D eigenvalue weighted by Crippen LogP contribution is -2.24. The maximum atomic E-state index is 13.5. The summed E-state index contributed by atoms with van der Waals surface area (Å²) in [6.07, 6.45) is 2.16. The van der Waals surface area contributed by atoms with Crippen LogP contribution in [0.5, 0.6) is 0 Å². The molecule has 24 heavy (non-hydrogen) atoms. The second-order valence-electron chi connectivity index (χ2n) is 5.41. The third-order valence-corrected chi connectivity index (χ3v) is 3.77. The standard InChI is InChI=1S/C18H18FN3O2/c1-3-16-17(18(23)20-11-15-8-5-9-24-15)12(2)21-22(16)14-7-4-6-13(19)10-14/h4-10H,3,11H2,1-2H3,(H,20,23). The molecule has 0 saturated carbocycles. The van der Waals surface area contributed by atoms with Gasteiger partial charge in [-0.1, -0.05) is 13.0 Å². The Morgan fingerprint density at radius 2 is 2.17 bits per heavy atom. The molecule has 6 heteroatoms. The summed E-state index contributed by atoms with van der Waals surface area (Å²) in [6.45, 7) is 4.02. The smallest absolute Gasteiger partial charge is 0.255 e. The van der Waals surface area contributed by atoms with Gasteiger partial charge in [-0.2, -0.15) is 5.10 Å². The van der Waals surface area contributed by atoms with Gasteiger partial charge in [-0.3, -0.25) is 4.79 Å². The van der Waals surface area contributed by atoms with Crippen molar-refractivity contribution in [1.29, 1.82) is 0 Å². The van der Waals surface area contributed by atoms with Crippen LogP contribution in [0.3, 0.4) is 0 Å². The van der Waals surface area contributed by atoms with Crippen molar-refractivity contribution in [2.75, 3.05) is 0 Å². The Kier molecular flexibility index (Phi) is 4.46. The van der Waals surface area contributed by atoms with Crippen molar-refractivity contribution in [1.82, 2.24) is 15.1 Å². The van der Waals surface area contributed by atoms with E-state index in [0.717, 1.165) is 5.69 Å². The molecular weight excluding hydrogens is 309 g/mol. The highest BCUT2D eigenvalue weighted by atomic mass is 19.1. The SMILES string of the molecule is CCc1c(C(=O)NCc2ccco2)c(C)nn1-c1cccc(F)c1.